The minimum atomic E-state index is -0.189. The van der Waals surface area contributed by atoms with Crippen molar-refractivity contribution < 1.29 is 13.9 Å². The van der Waals surface area contributed by atoms with Crippen LogP contribution in [0.1, 0.15) is 23.6 Å². The van der Waals surface area contributed by atoms with E-state index in [0.29, 0.717) is 5.75 Å². The van der Waals surface area contributed by atoms with Gasteiger partial charge in [0.1, 0.15) is 11.3 Å². The maximum Gasteiger partial charge on any atom is 0.248 e. The fourth-order valence-electron chi connectivity index (χ4n) is 3.84. The van der Waals surface area contributed by atoms with Crippen LogP contribution in [0.15, 0.2) is 75.8 Å². The van der Waals surface area contributed by atoms with Crippen molar-refractivity contribution in [3.05, 3.63) is 88.1 Å². The van der Waals surface area contributed by atoms with Crippen molar-refractivity contribution in [3.63, 3.8) is 0 Å². The van der Waals surface area contributed by atoms with Crippen molar-refractivity contribution in [3.8, 4) is 16.9 Å². The molecule has 4 rings (SSSR count). The molecular formula is C27H24BrNO3. The number of hydrogen-bond donors (Lipinski definition) is 1. The van der Waals surface area contributed by atoms with Crippen LogP contribution in [-0.4, -0.2) is 13.0 Å². The van der Waals surface area contributed by atoms with E-state index < -0.39 is 0 Å². The minimum absolute atomic E-state index is 0.189. The van der Waals surface area contributed by atoms with Gasteiger partial charge in [-0.2, -0.15) is 0 Å². The number of anilines is 1. The Labute approximate surface area is 196 Å². The smallest absolute Gasteiger partial charge is 0.248 e. The fraction of sp³-hybridized carbons (Fsp3) is 0.148. The predicted octanol–water partition coefficient (Wildman–Crippen LogP) is 7.53. The molecule has 1 N–H and O–H groups in total. The number of ether oxygens (including phenoxy) is 1. The number of amides is 1. The molecule has 0 spiro atoms. The van der Waals surface area contributed by atoms with E-state index in [9.17, 15) is 4.79 Å². The fourth-order valence-corrected chi connectivity index (χ4v) is 4.24. The molecule has 0 aliphatic rings. The van der Waals surface area contributed by atoms with Crippen molar-refractivity contribution in [2.45, 2.75) is 20.8 Å². The van der Waals surface area contributed by atoms with Crippen molar-refractivity contribution in [1.29, 1.82) is 0 Å². The number of nitrogens with one attached hydrogen (secondary N) is 1. The lowest BCUT2D eigenvalue weighted by molar-refractivity contribution is -0.111. The molecular weight excluding hydrogens is 466 g/mol. The standard InChI is InChI=1S/C27H24BrNO3/c1-16-8-10-21(11-9-16)29-25(30)12-17(2)22-14-23-24(19-6-5-7-20(28)13-19)15-32-27(23)18(3)26(22)31-4/h5-15H,1-4H3,(H,29,30)/b17-12+. The van der Waals surface area contributed by atoms with E-state index in [1.54, 1.807) is 19.4 Å². The Morgan fingerprint density at radius 3 is 2.53 bits per heavy atom. The van der Waals surface area contributed by atoms with E-state index in [4.69, 9.17) is 9.15 Å². The van der Waals surface area contributed by atoms with Crippen LogP contribution in [-0.2, 0) is 4.79 Å². The molecule has 0 radical (unpaired) electrons. The number of methoxy groups -OCH3 is 1. The van der Waals surface area contributed by atoms with Crippen LogP contribution in [0.25, 0.3) is 27.7 Å². The van der Waals surface area contributed by atoms with Gasteiger partial charge in [0.25, 0.3) is 0 Å². The Balaban J connectivity index is 1.76. The number of rotatable bonds is 5. The first-order valence-electron chi connectivity index (χ1n) is 10.3. The lowest BCUT2D eigenvalue weighted by Gasteiger charge is -2.13. The molecule has 1 heterocycles. The van der Waals surface area contributed by atoms with Crippen LogP contribution in [0.3, 0.4) is 0 Å². The normalized spacial score (nSPS) is 11.6. The lowest BCUT2D eigenvalue weighted by atomic mass is 9.96. The Bertz CT molecular complexity index is 1330. The molecule has 0 aliphatic heterocycles. The van der Waals surface area contributed by atoms with Crippen LogP contribution in [0.4, 0.5) is 5.69 Å². The lowest BCUT2D eigenvalue weighted by Crippen LogP contribution is -2.08. The summed E-state index contributed by atoms with van der Waals surface area (Å²) in [6.07, 6.45) is 3.37. The van der Waals surface area contributed by atoms with Crippen molar-refractivity contribution in [2.24, 2.45) is 0 Å². The molecule has 0 unspecified atom stereocenters. The Morgan fingerprint density at radius 1 is 1.09 bits per heavy atom. The van der Waals surface area contributed by atoms with E-state index >= 15 is 0 Å². The molecule has 4 nitrogen and oxygen atoms in total. The second-order valence-electron chi connectivity index (χ2n) is 7.80. The number of halogens is 1. The van der Waals surface area contributed by atoms with Gasteiger partial charge in [-0.25, -0.2) is 0 Å². The van der Waals surface area contributed by atoms with Gasteiger partial charge in [-0.15, -0.1) is 0 Å². The van der Waals surface area contributed by atoms with Crippen molar-refractivity contribution >= 4 is 44.1 Å². The second kappa shape index (κ2) is 9.05. The monoisotopic (exact) mass is 489 g/mol. The molecule has 0 bridgehead atoms. The molecule has 1 aromatic heterocycles. The molecule has 0 atom stereocenters. The summed E-state index contributed by atoms with van der Waals surface area (Å²) in [5.41, 5.74) is 7.27. The number of carbonyl (C=O) groups is 1. The largest absolute Gasteiger partial charge is 0.496 e. The highest BCUT2D eigenvalue weighted by Crippen LogP contribution is 2.40. The SMILES string of the molecule is COc1c(/C(C)=C/C(=O)Nc2ccc(C)cc2)cc2c(-c3cccc(Br)c3)coc2c1C. The van der Waals surface area contributed by atoms with Crippen molar-refractivity contribution in [1.82, 2.24) is 0 Å². The highest BCUT2D eigenvalue weighted by Gasteiger charge is 2.19. The number of allylic oxidation sites excluding steroid dienone is 1. The first-order chi connectivity index (χ1) is 15.4. The zero-order valence-corrected chi connectivity index (χ0v) is 20.0. The zero-order chi connectivity index (χ0) is 22.8. The van der Waals surface area contributed by atoms with Gasteiger partial charge in [0.15, 0.2) is 0 Å². The Hall–Kier alpha value is -3.31. The summed E-state index contributed by atoms with van der Waals surface area (Å²) in [5.74, 6) is 0.509. The molecule has 162 valence electrons. The molecule has 3 aromatic carbocycles. The maximum absolute atomic E-state index is 12.7. The number of hydrogen-bond acceptors (Lipinski definition) is 3. The predicted molar refractivity (Wildman–Crippen MR) is 134 cm³/mol. The van der Waals surface area contributed by atoms with Gasteiger partial charge in [-0.05, 0) is 62.2 Å². The second-order valence-corrected chi connectivity index (χ2v) is 8.72. The first kappa shape index (κ1) is 21.9. The summed E-state index contributed by atoms with van der Waals surface area (Å²) in [6.45, 7) is 5.90. The summed E-state index contributed by atoms with van der Waals surface area (Å²) in [5, 5.41) is 3.89. The van der Waals surface area contributed by atoms with Crippen LogP contribution >= 0.6 is 15.9 Å². The van der Waals surface area contributed by atoms with E-state index in [1.807, 2.05) is 69.3 Å². The average molecular weight is 490 g/mol. The molecule has 0 saturated carbocycles. The van der Waals surface area contributed by atoms with Gasteiger partial charge >= 0.3 is 0 Å². The van der Waals surface area contributed by atoms with E-state index in [0.717, 1.165) is 54.5 Å². The van der Waals surface area contributed by atoms with Gasteiger partial charge in [0, 0.05) is 38.3 Å². The molecule has 32 heavy (non-hydrogen) atoms. The highest BCUT2D eigenvalue weighted by molar-refractivity contribution is 9.10. The Kier molecular flexibility index (Phi) is 6.19. The summed E-state index contributed by atoms with van der Waals surface area (Å²) in [7, 11) is 1.63. The van der Waals surface area contributed by atoms with Gasteiger partial charge in [0.2, 0.25) is 5.91 Å². The van der Waals surface area contributed by atoms with E-state index in [2.05, 4.69) is 27.3 Å². The minimum Gasteiger partial charge on any atom is -0.496 e. The first-order valence-corrected chi connectivity index (χ1v) is 11.1. The van der Waals surface area contributed by atoms with Crippen LogP contribution in [0.2, 0.25) is 0 Å². The Morgan fingerprint density at radius 2 is 1.84 bits per heavy atom. The van der Waals surface area contributed by atoms with Crippen LogP contribution < -0.4 is 10.1 Å². The molecule has 0 aliphatic carbocycles. The number of aryl methyl sites for hydroxylation is 2. The van der Waals surface area contributed by atoms with Crippen LogP contribution in [0, 0.1) is 13.8 Å². The molecule has 5 heteroatoms. The number of carbonyl (C=O) groups excluding carboxylic acids is 1. The van der Waals surface area contributed by atoms with Gasteiger partial charge < -0.3 is 14.5 Å². The van der Waals surface area contributed by atoms with Gasteiger partial charge in [-0.1, -0.05) is 45.8 Å². The molecule has 4 aromatic rings. The average Bonchev–Trinajstić information content (AvgIpc) is 3.19. The van der Waals surface area contributed by atoms with Crippen LogP contribution in [0.5, 0.6) is 5.75 Å². The summed E-state index contributed by atoms with van der Waals surface area (Å²) in [4.78, 5) is 12.7. The topological polar surface area (TPSA) is 51.5 Å². The molecule has 0 fully saturated rings. The van der Waals surface area contributed by atoms with Crippen molar-refractivity contribution in [2.75, 3.05) is 12.4 Å². The molecule has 1 amide bonds. The van der Waals surface area contributed by atoms with E-state index in [-0.39, 0.29) is 5.91 Å². The number of benzene rings is 3. The quantitative estimate of drug-likeness (QED) is 0.294. The summed E-state index contributed by atoms with van der Waals surface area (Å²) in [6, 6.07) is 17.8. The third-order valence-corrected chi connectivity index (χ3v) is 5.97. The zero-order valence-electron chi connectivity index (χ0n) is 18.5. The molecule has 0 saturated heterocycles. The maximum atomic E-state index is 12.7. The third kappa shape index (κ3) is 4.34. The van der Waals surface area contributed by atoms with E-state index in [1.165, 1.54) is 0 Å². The van der Waals surface area contributed by atoms with Gasteiger partial charge in [0.05, 0.1) is 13.4 Å². The summed E-state index contributed by atoms with van der Waals surface area (Å²) < 4.78 is 12.6. The van der Waals surface area contributed by atoms with Gasteiger partial charge in [-0.3, -0.25) is 4.79 Å². The third-order valence-electron chi connectivity index (χ3n) is 5.48. The number of fused-ring (bicyclic) bond motifs is 1. The number of furan rings is 1. The summed E-state index contributed by atoms with van der Waals surface area (Å²) >= 11 is 3.54. The highest BCUT2D eigenvalue weighted by atomic mass is 79.9.